The quantitative estimate of drug-likeness (QED) is 0.815. The average Bonchev–Trinajstić information content (AvgIpc) is 2.85. The summed E-state index contributed by atoms with van der Waals surface area (Å²) in [7, 11) is 0. The van der Waals surface area contributed by atoms with Crippen molar-refractivity contribution >= 4 is 17.2 Å². The Labute approximate surface area is 125 Å². The van der Waals surface area contributed by atoms with Crippen molar-refractivity contribution in [2.45, 2.75) is 38.6 Å². The molecule has 1 aromatic rings. The SMILES string of the molecule is C=CC(=O)N(Cc1csc(C(F)(F)F)c1)CC(C)(O)CC. The van der Waals surface area contributed by atoms with E-state index in [2.05, 4.69) is 6.58 Å². The van der Waals surface area contributed by atoms with Gasteiger partial charge in [0.15, 0.2) is 0 Å². The van der Waals surface area contributed by atoms with Crippen LogP contribution < -0.4 is 0 Å². The second kappa shape index (κ2) is 6.62. The Kier molecular flexibility index (Phi) is 5.58. The topological polar surface area (TPSA) is 40.5 Å². The van der Waals surface area contributed by atoms with Gasteiger partial charge in [-0.25, -0.2) is 0 Å². The maximum absolute atomic E-state index is 12.6. The van der Waals surface area contributed by atoms with Gasteiger partial charge in [0.2, 0.25) is 5.91 Å². The Balaban J connectivity index is 2.89. The third-order valence-electron chi connectivity index (χ3n) is 3.09. The lowest BCUT2D eigenvalue weighted by Crippen LogP contribution is -2.42. The highest BCUT2D eigenvalue weighted by atomic mass is 32.1. The lowest BCUT2D eigenvalue weighted by molar-refractivity contribution is -0.134. The van der Waals surface area contributed by atoms with Crippen LogP contribution in [0.5, 0.6) is 0 Å². The number of rotatable bonds is 6. The molecule has 0 fully saturated rings. The van der Waals surface area contributed by atoms with E-state index in [1.807, 2.05) is 0 Å². The molecule has 1 heterocycles. The number of hydrogen-bond donors (Lipinski definition) is 1. The number of hydrogen-bond acceptors (Lipinski definition) is 3. The van der Waals surface area contributed by atoms with Crippen LogP contribution in [0, 0.1) is 0 Å². The number of carbonyl (C=O) groups excluding carboxylic acids is 1. The zero-order valence-electron chi connectivity index (χ0n) is 11.9. The molecule has 0 aromatic carbocycles. The molecule has 1 N–H and O–H groups in total. The van der Waals surface area contributed by atoms with Crippen LogP contribution in [0.4, 0.5) is 13.2 Å². The Hall–Kier alpha value is -1.34. The number of halogens is 3. The molecule has 7 heteroatoms. The Morgan fingerprint density at radius 1 is 1.52 bits per heavy atom. The Bertz CT molecular complexity index is 509. The van der Waals surface area contributed by atoms with E-state index >= 15 is 0 Å². The molecular weight excluding hydrogens is 303 g/mol. The molecule has 3 nitrogen and oxygen atoms in total. The number of amides is 1. The first-order valence-electron chi connectivity index (χ1n) is 6.37. The standard InChI is InChI=1S/C14H18F3NO2S/c1-4-12(19)18(9-13(3,20)5-2)7-10-6-11(21-8-10)14(15,16)17/h4,6,8,20H,1,5,7,9H2,2-3H3. The number of carbonyl (C=O) groups is 1. The fourth-order valence-electron chi connectivity index (χ4n) is 1.69. The molecule has 1 rings (SSSR count). The van der Waals surface area contributed by atoms with Crippen LogP contribution in [0.2, 0.25) is 0 Å². The summed E-state index contributed by atoms with van der Waals surface area (Å²) in [5, 5.41) is 11.4. The summed E-state index contributed by atoms with van der Waals surface area (Å²) in [5.41, 5.74) is -0.712. The van der Waals surface area contributed by atoms with Crippen LogP contribution >= 0.6 is 11.3 Å². The minimum Gasteiger partial charge on any atom is -0.388 e. The molecule has 0 spiro atoms. The average molecular weight is 321 g/mol. The summed E-state index contributed by atoms with van der Waals surface area (Å²) < 4.78 is 37.7. The van der Waals surface area contributed by atoms with Crippen molar-refractivity contribution in [3.63, 3.8) is 0 Å². The van der Waals surface area contributed by atoms with E-state index < -0.39 is 22.6 Å². The van der Waals surface area contributed by atoms with Crippen molar-refractivity contribution in [3.05, 3.63) is 34.5 Å². The van der Waals surface area contributed by atoms with Crippen molar-refractivity contribution in [2.75, 3.05) is 6.54 Å². The Morgan fingerprint density at radius 3 is 2.57 bits per heavy atom. The smallest absolute Gasteiger partial charge is 0.388 e. The fraction of sp³-hybridized carbons (Fsp3) is 0.500. The van der Waals surface area contributed by atoms with Gasteiger partial charge in [-0.3, -0.25) is 4.79 Å². The van der Waals surface area contributed by atoms with E-state index in [0.29, 0.717) is 23.3 Å². The van der Waals surface area contributed by atoms with Gasteiger partial charge >= 0.3 is 6.18 Å². The summed E-state index contributed by atoms with van der Waals surface area (Å²) >= 11 is 0.590. The van der Waals surface area contributed by atoms with Crippen molar-refractivity contribution < 1.29 is 23.1 Å². The molecule has 0 saturated heterocycles. The second-order valence-electron chi connectivity index (χ2n) is 5.07. The first-order chi connectivity index (χ1) is 9.59. The largest absolute Gasteiger partial charge is 0.425 e. The van der Waals surface area contributed by atoms with Gasteiger partial charge in [-0.1, -0.05) is 13.5 Å². The van der Waals surface area contributed by atoms with Crippen LogP contribution in [0.15, 0.2) is 24.1 Å². The molecule has 1 atom stereocenters. The zero-order chi connectivity index (χ0) is 16.3. The van der Waals surface area contributed by atoms with Crippen molar-refractivity contribution in [2.24, 2.45) is 0 Å². The number of alkyl halides is 3. The van der Waals surface area contributed by atoms with E-state index in [1.54, 1.807) is 13.8 Å². The predicted octanol–water partition coefficient (Wildman–Crippen LogP) is 3.44. The van der Waals surface area contributed by atoms with Gasteiger partial charge in [0.25, 0.3) is 0 Å². The van der Waals surface area contributed by atoms with E-state index in [4.69, 9.17) is 0 Å². The molecule has 118 valence electrons. The van der Waals surface area contributed by atoms with E-state index in [9.17, 15) is 23.1 Å². The van der Waals surface area contributed by atoms with Crippen LogP contribution in [0.25, 0.3) is 0 Å². The Morgan fingerprint density at radius 2 is 2.14 bits per heavy atom. The van der Waals surface area contributed by atoms with Gasteiger partial charge in [-0.2, -0.15) is 13.2 Å². The molecule has 0 aliphatic carbocycles. The highest BCUT2D eigenvalue weighted by molar-refractivity contribution is 7.10. The molecule has 0 bridgehead atoms. The van der Waals surface area contributed by atoms with Crippen molar-refractivity contribution in [1.82, 2.24) is 4.90 Å². The van der Waals surface area contributed by atoms with Crippen LogP contribution in [0.1, 0.15) is 30.7 Å². The summed E-state index contributed by atoms with van der Waals surface area (Å²) in [6.45, 7) is 6.76. The molecule has 0 saturated carbocycles. The number of thiophene rings is 1. The first-order valence-corrected chi connectivity index (χ1v) is 7.25. The van der Waals surface area contributed by atoms with Gasteiger partial charge < -0.3 is 10.0 Å². The van der Waals surface area contributed by atoms with E-state index in [0.717, 1.165) is 12.1 Å². The lowest BCUT2D eigenvalue weighted by atomic mass is 10.0. The molecular formula is C14H18F3NO2S. The summed E-state index contributed by atoms with van der Waals surface area (Å²) in [5.74, 6) is -0.427. The van der Waals surface area contributed by atoms with Gasteiger partial charge in [0, 0.05) is 13.1 Å². The minimum atomic E-state index is -4.38. The molecule has 0 radical (unpaired) electrons. The first kappa shape index (κ1) is 17.7. The fourth-order valence-corrected chi connectivity index (χ4v) is 2.47. The molecule has 1 unspecified atom stereocenters. The third kappa shape index (κ3) is 5.17. The normalized spacial score (nSPS) is 14.6. The highest BCUT2D eigenvalue weighted by Crippen LogP contribution is 2.34. The number of nitrogens with zero attached hydrogens (tertiary/aromatic N) is 1. The van der Waals surface area contributed by atoms with Gasteiger partial charge in [-0.05, 0) is 36.4 Å². The second-order valence-corrected chi connectivity index (χ2v) is 5.98. The van der Waals surface area contributed by atoms with Crippen LogP contribution in [-0.4, -0.2) is 28.1 Å². The lowest BCUT2D eigenvalue weighted by Gasteiger charge is -2.30. The highest BCUT2D eigenvalue weighted by Gasteiger charge is 2.33. The van der Waals surface area contributed by atoms with Crippen LogP contribution in [0.3, 0.4) is 0 Å². The maximum Gasteiger partial charge on any atom is 0.425 e. The molecule has 21 heavy (non-hydrogen) atoms. The third-order valence-corrected chi connectivity index (χ3v) is 4.11. The van der Waals surface area contributed by atoms with Crippen molar-refractivity contribution in [1.29, 1.82) is 0 Å². The van der Waals surface area contributed by atoms with E-state index in [1.165, 1.54) is 10.3 Å². The molecule has 0 aliphatic heterocycles. The van der Waals surface area contributed by atoms with Gasteiger partial charge in [0.05, 0.1) is 5.60 Å². The summed E-state index contributed by atoms with van der Waals surface area (Å²) in [4.78, 5) is 12.4. The predicted molar refractivity (Wildman–Crippen MR) is 75.8 cm³/mol. The summed E-state index contributed by atoms with van der Waals surface area (Å²) in [6.07, 6.45) is -2.88. The maximum atomic E-state index is 12.6. The molecule has 1 aromatic heterocycles. The monoisotopic (exact) mass is 321 g/mol. The van der Waals surface area contributed by atoms with Crippen LogP contribution in [-0.2, 0) is 17.5 Å². The van der Waals surface area contributed by atoms with Crippen molar-refractivity contribution in [3.8, 4) is 0 Å². The van der Waals surface area contributed by atoms with Gasteiger partial charge in [-0.15, -0.1) is 11.3 Å². The molecule has 1 amide bonds. The minimum absolute atomic E-state index is 0.00752. The van der Waals surface area contributed by atoms with Gasteiger partial charge in [0.1, 0.15) is 4.88 Å². The zero-order valence-corrected chi connectivity index (χ0v) is 12.7. The molecule has 0 aliphatic rings. The van der Waals surface area contributed by atoms with E-state index in [-0.39, 0.29) is 13.1 Å². The number of aliphatic hydroxyl groups is 1. The summed E-state index contributed by atoms with van der Waals surface area (Å²) in [6, 6.07) is 1.02.